The largest absolute Gasteiger partial charge is 0.497 e. The molecule has 6 heteroatoms. The molecule has 0 bridgehead atoms. The summed E-state index contributed by atoms with van der Waals surface area (Å²) in [6, 6.07) is 12.7. The molecule has 0 saturated heterocycles. The summed E-state index contributed by atoms with van der Waals surface area (Å²) in [4.78, 5) is 12.1. The number of amides is 2. The Labute approximate surface area is 128 Å². The average molecular weight is 298 g/mol. The van der Waals surface area contributed by atoms with Gasteiger partial charge in [0, 0.05) is 29.7 Å². The fourth-order valence-electron chi connectivity index (χ4n) is 2.34. The number of carbonyl (C=O) groups is 1. The highest BCUT2D eigenvalue weighted by atomic mass is 16.5. The van der Waals surface area contributed by atoms with Crippen LogP contribution in [0.25, 0.3) is 0 Å². The number of benzene rings is 2. The van der Waals surface area contributed by atoms with Crippen LogP contribution in [0.4, 0.5) is 21.9 Å². The van der Waals surface area contributed by atoms with E-state index in [-0.39, 0.29) is 6.03 Å². The summed E-state index contributed by atoms with van der Waals surface area (Å²) in [7, 11) is 1.59. The number of rotatable bonds is 3. The van der Waals surface area contributed by atoms with Crippen LogP contribution in [-0.4, -0.2) is 19.8 Å². The van der Waals surface area contributed by atoms with Gasteiger partial charge in [-0.05, 0) is 35.9 Å². The van der Waals surface area contributed by atoms with E-state index in [2.05, 4.69) is 21.3 Å². The first-order chi connectivity index (χ1) is 10.7. The monoisotopic (exact) mass is 298 g/mol. The molecule has 0 fully saturated rings. The van der Waals surface area contributed by atoms with Crippen LogP contribution < -0.4 is 26.0 Å². The Hall–Kier alpha value is -2.73. The molecule has 0 radical (unpaired) electrons. The Balaban J connectivity index is 1.66. The van der Waals surface area contributed by atoms with Gasteiger partial charge in [-0.25, -0.2) is 4.79 Å². The van der Waals surface area contributed by atoms with E-state index >= 15 is 0 Å². The zero-order chi connectivity index (χ0) is 15.4. The van der Waals surface area contributed by atoms with Crippen LogP contribution in [0.5, 0.6) is 5.75 Å². The van der Waals surface area contributed by atoms with Crippen molar-refractivity contribution in [3.63, 3.8) is 0 Å². The van der Waals surface area contributed by atoms with Crippen LogP contribution in [0, 0.1) is 0 Å². The highest BCUT2D eigenvalue weighted by molar-refractivity contribution is 6.00. The third-order valence-electron chi connectivity index (χ3n) is 3.41. The molecule has 4 N–H and O–H groups in total. The van der Waals surface area contributed by atoms with Crippen LogP contribution in [-0.2, 0) is 6.54 Å². The van der Waals surface area contributed by atoms with E-state index in [0.717, 1.165) is 30.2 Å². The molecule has 2 aromatic rings. The van der Waals surface area contributed by atoms with Gasteiger partial charge in [-0.1, -0.05) is 6.07 Å². The smallest absolute Gasteiger partial charge is 0.323 e. The molecule has 0 unspecified atom stereocenters. The van der Waals surface area contributed by atoms with E-state index in [9.17, 15) is 4.79 Å². The lowest BCUT2D eigenvalue weighted by Gasteiger charge is -2.20. The third kappa shape index (κ3) is 3.29. The second-order valence-electron chi connectivity index (χ2n) is 4.96. The maximum Gasteiger partial charge on any atom is 0.323 e. The molecule has 6 nitrogen and oxygen atoms in total. The maximum absolute atomic E-state index is 12.1. The van der Waals surface area contributed by atoms with Crippen LogP contribution in [0.15, 0.2) is 42.5 Å². The molecule has 2 aromatic carbocycles. The van der Waals surface area contributed by atoms with Gasteiger partial charge in [-0.2, -0.15) is 0 Å². The first kappa shape index (κ1) is 14.2. The van der Waals surface area contributed by atoms with E-state index < -0.39 is 0 Å². The highest BCUT2D eigenvalue weighted by Crippen LogP contribution is 2.23. The minimum absolute atomic E-state index is 0.287. The molecule has 1 aliphatic rings. The fraction of sp³-hybridized carbons (Fsp3) is 0.188. The summed E-state index contributed by atoms with van der Waals surface area (Å²) in [5.74, 6) is 0.698. The molecule has 2 amide bonds. The standard InChI is InChI=1S/C16H18N4O2/c1-22-14-4-2-3-12(8-14)19-16(21)20-13-5-6-15-11(7-13)9-17-10-18-15/h2-8,17-18H,9-10H2,1H3,(H2,19,20,21). The summed E-state index contributed by atoms with van der Waals surface area (Å²) in [6.45, 7) is 1.55. The number of nitrogens with one attached hydrogen (secondary N) is 4. The minimum Gasteiger partial charge on any atom is -0.497 e. The van der Waals surface area contributed by atoms with E-state index in [1.807, 2.05) is 36.4 Å². The summed E-state index contributed by atoms with van der Waals surface area (Å²) in [5.41, 5.74) is 3.66. The number of urea groups is 1. The van der Waals surface area contributed by atoms with Crippen molar-refractivity contribution < 1.29 is 9.53 Å². The number of fused-ring (bicyclic) bond motifs is 1. The molecule has 0 aliphatic carbocycles. The van der Waals surface area contributed by atoms with E-state index in [1.165, 1.54) is 0 Å². The highest BCUT2D eigenvalue weighted by Gasteiger charge is 2.09. The quantitative estimate of drug-likeness (QED) is 0.703. The number of anilines is 3. The molecular formula is C16H18N4O2. The van der Waals surface area contributed by atoms with Gasteiger partial charge in [0.2, 0.25) is 0 Å². The minimum atomic E-state index is -0.287. The van der Waals surface area contributed by atoms with Crippen LogP contribution in [0.3, 0.4) is 0 Å². The van der Waals surface area contributed by atoms with Gasteiger partial charge in [-0.3, -0.25) is 5.32 Å². The second-order valence-corrected chi connectivity index (χ2v) is 4.96. The fourth-order valence-corrected chi connectivity index (χ4v) is 2.34. The zero-order valence-corrected chi connectivity index (χ0v) is 12.3. The second kappa shape index (κ2) is 6.36. The number of carbonyl (C=O) groups excluding carboxylic acids is 1. The van der Waals surface area contributed by atoms with Crippen LogP contribution >= 0.6 is 0 Å². The predicted octanol–water partition coefficient (Wildman–Crippen LogP) is 2.81. The van der Waals surface area contributed by atoms with Crippen molar-refractivity contribution in [1.29, 1.82) is 0 Å². The molecule has 0 spiro atoms. The molecule has 1 heterocycles. The van der Waals surface area contributed by atoms with Gasteiger partial charge in [-0.15, -0.1) is 0 Å². The topological polar surface area (TPSA) is 74.4 Å². The zero-order valence-electron chi connectivity index (χ0n) is 12.3. The van der Waals surface area contributed by atoms with Crippen LogP contribution in [0.1, 0.15) is 5.56 Å². The first-order valence-corrected chi connectivity index (χ1v) is 7.04. The summed E-state index contributed by atoms with van der Waals surface area (Å²) >= 11 is 0. The first-order valence-electron chi connectivity index (χ1n) is 7.04. The Morgan fingerprint density at radius 2 is 1.95 bits per heavy atom. The van der Waals surface area contributed by atoms with Crippen molar-refractivity contribution in [3.05, 3.63) is 48.0 Å². The van der Waals surface area contributed by atoms with Crippen molar-refractivity contribution in [1.82, 2.24) is 5.32 Å². The lowest BCUT2D eigenvalue weighted by molar-refractivity contribution is 0.262. The Morgan fingerprint density at radius 1 is 1.14 bits per heavy atom. The van der Waals surface area contributed by atoms with Crippen molar-refractivity contribution in [3.8, 4) is 5.75 Å². The van der Waals surface area contributed by atoms with E-state index in [1.54, 1.807) is 13.2 Å². The number of ether oxygens (including phenoxy) is 1. The van der Waals surface area contributed by atoms with Gasteiger partial charge in [0.25, 0.3) is 0 Å². The van der Waals surface area contributed by atoms with Crippen molar-refractivity contribution in [2.75, 3.05) is 29.7 Å². The molecule has 0 atom stereocenters. The molecule has 0 saturated carbocycles. The number of methoxy groups -OCH3 is 1. The van der Waals surface area contributed by atoms with Gasteiger partial charge < -0.3 is 20.7 Å². The average Bonchev–Trinajstić information content (AvgIpc) is 2.55. The normalized spacial score (nSPS) is 12.8. The van der Waals surface area contributed by atoms with Gasteiger partial charge in [0.15, 0.2) is 0 Å². The lowest BCUT2D eigenvalue weighted by atomic mass is 10.1. The lowest BCUT2D eigenvalue weighted by Crippen LogP contribution is -2.27. The summed E-state index contributed by atoms with van der Waals surface area (Å²) in [5, 5.41) is 12.1. The third-order valence-corrected chi connectivity index (χ3v) is 3.41. The Morgan fingerprint density at radius 3 is 2.77 bits per heavy atom. The number of hydrogen-bond donors (Lipinski definition) is 4. The van der Waals surface area contributed by atoms with E-state index in [0.29, 0.717) is 11.4 Å². The van der Waals surface area contributed by atoms with Gasteiger partial charge in [0.05, 0.1) is 13.8 Å². The molecule has 22 heavy (non-hydrogen) atoms. The summed E-state index contributed by atoms with van der Waals surface area (Å²) < 4.78 is 5.13. The van der Waals surface area contributed by atoms with Crippen molar-refractivity contribution in [2.24, 2.45) is 0 Å². The van der Waals surface area contributed by atoms with Gasteiger partial charge >= 0.3 is 6.03 Å². The number of hydrogen-bond acceptors (Lipinski definition) is 4. The molecule has 3 rings (SSSR count). The van der Waals surface area contributed by atoms with Gasteiger partial charge in [0.1, 0.15) is 5.75 Å². The SMILES string of the molecule is COc1cccc(NC(=O)Nc2ccc3c(c2)CNCN3)c1. The molecule has 0 aromatic heterocycles. The molecular weight excluding hydrogens is 280 g/mol. The molecule has 1 aliphatic heterocycles. The van der Waals surface area contributed by atoms with Crippen LogP contribution in [0.2, 0.25) is 0 Å². The van der Waals surface area contributed by atoms with E-state index in [4.69, 9.17) is 4.74 Å². The Bertz CT molecular complexity index is 688. The Kier molecular flexibility index (Phi) is 4.11. The maximum atomic E-state index is 12.1. The predicted molar refractivity (Wildman–Crippen MR) is 87.4 cm³/mol. The molecule has 114 valence electrons. The summed E-state index contributed by atoms with van der Waals surface area (Å²) in [6.07, 6.45) is 0. The van der Waals surface area contributed by atoms with Crippen molar-refractivity contribution in [2.45, 2.75) is 6.54 Å². The van der Waals surface area contributed by atoms with Crippen molar-refractivity contribution >= 4 is 23.1 Å².